The number of hydrogen-bond acceptors (Lipinski definition) is 2. The third-order valence-corrected chi connectivity index (χ3v) is 9.35. The number of aryl methyl sites for hydroxylation is 2. The molecule has 2 aromatic heterocycles. The fourth-order valence-electron chi connectivity index (χ4n) is 5.71. The van der Waals surface area contributed by atoms with Crippen molar-refractivity contribution >= 4 is 23.5 Å². The van der Waals surface area contributed by atoms with Gasteiger partial charge in [-0.3, -0.25) is 0 Å². The topological polar surface area (TPSA) is 7.76 Å². The molecule has 146 valence electrons. The monoisotopic (exact) mass is 410 g/mol. The maximum Gasteiger partial charge on any atom is 0.278 e. The molecule has 2 nitrogen and oxygen atoms in total. The van der Waals surface area contributed by atoms with Gasteiger partial charge in [0, 0.05) is 23.3 Å². The zero-order valence-electron chi connectivity index (χ0n) is 16.8. The zero-order valence-corrected chi connectivity index (χ0v) is 18.4. The van der Waals surface area contributed by atoms with Crippen LogP contribution in [0.1, 0.15) is 60.8 Å². The van der Waals surface area contributed by atoms with E-state index in [9.17, 15) is 0 Å². The molecule has 4 heteroatoms. The Morgan fingerprint density at radius 3 is 1.54 bits per heavy atom. The molecule has 0 radical (unpaired) electrons. The lowest BCUT2D eigenvalue weighted by molar-refractivity contribution is -0.741. The number of fused-ring (bicyclic) bond motifs is 6. The Balaban J connectivity index is 1.58. The Labute approximate surface area is 177 Å². The van der Waals surface area contributed by atoms with Crippen LogP contribution in [0.15, 0.2) is 22.2 Å². The van der Waals surface area contributed by atoms with Gasteiger partial charge in [0.15, 0.2) is 13.1 Å². The second-order valence-electron chi connectivity index (χ2n) is 8.80. The average molecular weight is 411 g/mol. The minimum atomic E-state index is 1.18. The first-order valence-electron chi connectivity index (χ1n) is 11.3. The summed E-state index contributed by atoms with van der Waals surface area (Å²) in [6, 6.07) is 5.20. The molecule has 4 heterocycles. The Morgan fingerprint density at radius 1 is 0.571 bits per heavy atom. The summed E-state index contributed by atoms with van der Waals surface area (Å²) in [4.78, 5) is 0. The molecule has 0 saturated heterocycles. The molecule has 0 atom stereocenters. The van der Waals surface area contributed by atoms with Crippen molar-refractivity contribution in [3.8, 4) is 11.4 Å². The van der Waals surface area contributed by atoms with Crippen molar-refractivity contribution in [1.82, 2.24) is 0 Å². The summed E-state index contributed by atoms with van der Waals surface area (Å²) < 4.78 is 5.37. The standard InChI is InChI=1S/C24H30N2S2/c1-3-7-17-15-21(25-11-13-27-23(25)19(17)9-5-1)22-16-18-8-4-2-6-10-20(18)24-26(22)12-14-28-24/h15-16H,1-14H2/q+2. The van der Waals surface area contributed by atoms with E-state index in [-0.39, 0.29) is 0 Å². The van der Waals surface area contributed by atoms with E-state index in [4.69, 9.17) is 0 Å². The normalized spacial score (nSPS) is 20.7. The van der Waals surface area contributed by atoms with Crippen LogP contribution < -0.4 is 9.13 Å². The first kappa shape index (κ1) is 17.8. The Kier molecular flexibility index (Phi) is 4.68. The maximum absolute atomic E-state index is 2.68. The highest BCUT2D eigenvalue weighted by atomic mass is 32.2. The molecule has 0 amide bonds. The molecular weight excluding hydrogens is 380 g/mol. The predicted octanol–water partition coefficient (Wildman–Crippen LogP) is 4.68. The van der Waals surface area contributed by atoms with Crippen molar-refractivity contribution in [2.24, 2.45) is 0 Å². The van der Waals surface area contributed by atoms with Crippen LogP contribution in [0.4, 0.5) is 0 Å². The van der Waals surface area contributed by atoms with E-state index in [2.05, 4.69) is 44.8 Å². The minimum Gasteiger partial charge on any atom is -0.180 e. The lowest BCUT2D eigenvalue weighted by Gasteiger charge is -2.12. The third kappa shape index (κ3) is 2.86. The fraction of sp³-hybridized carbons (Fsp3) is 0.583. The van der Waals surface area contributed by atoms with E-state index in [1.807, 2.05) is 0 Å². The van der Waals surface area contributed by atoms with Crippen LogP contribution in [-0.2, 0) is 38.8 Å². The minimum absolute atomic E-state index is 1.18. The van der Waals surface area contributed by atoms with Gasteiger partial charge in [0.25, 0.3) is 11.4 Å². The van der Waals surface area contributed by atoms with Gasteiger partial charge >= 0.3 is 0 Å². The molecule has 28 heavy (non-hydrogen) atoms. The van der Waals surface area contributed by atoms with Gasteiger partial charge in [-0.05, 0) is 62.5 Å². The Hall–Kier alpha value is -1.000. The van der Waals surface area contributed by atoms with Crippen LogP contribution in [0.2, 0.25) is 0 Å². The van der Waals surface area contributed by atoms with Crippen LogP contribution >= 0.6 is 23.5 Å². The van der Waals surface area contributed by atoms with Gasteiger partial charge in [0.05, 0.1) is 11.5 Å². The number of thioether (sulfide) groups is 2. The number of rotatable bonds is 1. The summed E-state index contributed by atoms with van der Waals surface area (Å²) in [5.41, 5.74) is 9.71. The van der Waals surface area contributed by atoms with E-state index in [1.165, 1.54) is 100 Å². The van der Waals surface area contributed by atoms with Gasteiger partial charge < -0.3 is 0 Å². The van der Waals surface area contributed by atoms with Crippen LogP contribution in [0.25, 0.3) is 11.4 Å². The van der Waals surface area contributed by atoms with Gasteiger partial charge in [-0.15, -0.1) is 0 Å². The van der Waals surface area contributed by atoms with Crippen LogP contribution in [-0.4, -0.2) is 11.5 Å². The van der Waals surface area contributed by atoms with Crippen molar-refractivity contribution in [3.05, 3.63) is 34.4 Å². The van der Waals surface area contributed by atoms with Gasteiger partial charge in [-0.2, -0.15) is 9.13 Å². The van der Waals surface area contributed by atoms with Gasteiger partial charge in [-0.25, -0.2) is 0 Å². The second-order valence-corrected chi connectivity index (χ2v) is 11.0. The zero-order chi connectivity index (χ0) is 18.5. The molecule has 4 aliphatic rings. The SMILES string of the molecule is c1c2c(c3[n+](c1-c1cc4c(c5[n+]1CCS5)CCCCC4)CCS3)CCCCC2. The van der Waals surface area contributed by atoms with Gasteiger partial charge in [0.1, 0.15) is 0 Å². The number of nitrogens with zero attached hydrogens (tertiary/aromatic N) is 2. The third-order valence-electron chi connectivity index (χ3n) is 7.10. The molecule has 0 aromatic carbocycles. The molecule has 0 spiro atoms. The van der Waals surface area contributed by atoms with Crippen molar-refractivity contribution in [2.75, 3.05) is 11.5 Å². The molecule has 0 N–H and O–H groups in total. The van der Waals surface area contributed by atoms with E-state index in [0.717, 1.165) is 0 Å². The molecule has 0 bridgehead atoms. The Bertz CT molecular complexity index is 873. The first-order chi connectivity index (χ1) is 13.9. The predicted molar refractivity (Wildman–Crippen MR) is 116 cm³/mol. The van der Waals surface area contributed by atoms with E-state index in [0.29, 0.717) is 0 Å². The molecule has 2 aliphatic carbocycles. The molecular formula is C24H30N2S2+2. The van der Waals surface area contributed by atoms with Crippen molar-refractivity contribution in [3.63, 3.8) is 0 Å². The summed E-state index contributed by atoms with van der Waals surface area (Å²) >= 11 is 4.23. The van der Waals surface area contributed by atoms with Gasteiger partial charge in [-0.1, -0.05) is 36.4 Å². The van der Waals surface area contributed by atoms with E-state index < -0.39 is 0 Å². The first-order valence-corrected chi connectivity index (χ1v) is 13.3. The smallest absolute Gasteiger partial charge is 0.180 e. The van der Waals surface area contributed by atoms with Crippen molar-refractivity contribution in [1.29, 1.82) is 0 Å². The van der Waals surface area contributed by atoms with E-state index in [1.54, 1.807) is 32.3 Å². The van der Waals surface area contributed by atoms with Crippen LogP contribution in [0.3, 0.4) is 0 Å². The van der Waals surface area contributed by atoms with Gasteiger partial charge in [0.2, 0.25) is 10.1 Å². The summed E-state index contributed by atoms with van der Waals surface area (Å²) in [5, 5.41) is 3.20. The van der Waals surface area contributed by atoms with E-state index >= 15 is 0 Å². The Morgan fingerprint density at radius 2 is 1.04 bits per heavy atom. The van der Waals surface area contributed by atoms with Crippen molar-refractivity contribution in [2.45, 2.75) is 87.3 Å². The summed E-state index contributed by atoms with van der Waals surface area (Å²) in [6.07, 6.45) is 13.4. The fourth-order valence-corrected chi connectivity index (χ4v) is 8.15. The molecule has 2 aromatic rings. The lowest BCUT2D eigenvalue weighted by atomic mass is 9.99. The quantitative estimate of drug-likeness (QED) is 0.498. The lowest BCUT2D eigenvalue weighted by Crippen LogP contribution is -2.44. The molecule has 6 rings (SSSR count). The summed E-state index contributed by atoms with van der Waals surface area (Å²) in [5.74, 6) is 2.49. The highest BCUT2D eigenvalue weighted by Crippen LogP contribution is 2.37. The highest BCUT2D eigenvalue weighted by molar-refractivity contribution is 7.99. The maximum atomic E-state index is 2.68. The largest absolute Gasteiger partial charge is 0.278 e. The van der Waals surface area contributed by atoms with Crippen molar-refractivity contribution < 1.29 is 9.13 Å². The number of aromatic nitrogens is 2. The molecule has 0 unspecified atom stereocenters. The van der Waals surface area contributed by atoms with Crippen LogP contribution in [0.5, 0.6) is 0 Å². The molecule has 0 fully saturated rings. The summed E-state index contributed by atoms with van der Waals surface area (Å²) in [6.45, 7) is 2.37. The average Bonchev–Trinajstić information content (AvgIpc) is 3.26. The molecule has 2 aliphatic heterocycles. The summed E-state index contributed by atoms with van der Waals surface area (Å²) in [7, 11) is 0. The highest BCUT2D eigenvalue weighted by Gasteiger charge is 2.38. The molecule has 0 saturated carbocycles. The number of hydrogen-bond donors (Lipinski definition) is 0. The number of pyridine rings is 2. The second kappa shape index (κ2) is 7.36. The van der Waals surface area contributed by atoms with Crippen LogP contribution in [0, 0.1) is 0 Å².